The van der Waals surface area contributed by atoms with Crippen molar-refractivity contribution in [2.45, 2.75) is 33.1 Å². The van der Waals surface area contributed by atoms with E-state index in [0.717, 1.165) is 41.2 Å². The molecule has 2 aliphatic heterocycles. The number of rotatable bonds is 5. The molecule has 0 saturated carbocycles. The van der Waals surface area contributed by atoms with Crippen molar-refractivity contribution in [3.63, 3.8) is 0 Å². The highest BCUT2D eigenvalue weighted by molar-refractivity contribution is 6.46. The van der Waals surface area contributed by atoms with Gasteiger partial charge in [0.25, 0.3) is 11.8 Å². The number of carbonyl (C=O) groups is 2. The summed E-state index contributed by atoms with van der Waals surface area (Å²) in [6.45, 7) is 6.12. The van der Waals surface area contributed by atoms with Gasteiger partial charge in [-0.1, -0.05) is 48.0 Å². The largest absolute Gasteiger partial charge is 0.372 e. The second-order valence-corrected chi connectivity index (χ2v) is 9.07. The van der Waals surface area contributed by atoms with Crippen molar-refractivity contribution < 1.29 is 9.59 Å². The Morgan fingerprint density at radius 3 is 2.09 bits per heavy atom. The first kappa shape index (κ1) is 22.0. The van der Waals surface area contributed by atoms with Gasteiger partial charge in [-0.15, -0.1) is 0 Å². The molecule has 5 heteroatoms. The van der Waals surface area contributed by atoms with E-state index in [1.54, 1.807) is 0 Å². The average molecular weight is 452 g/mol. The predicted molar refractivity (Wildman–Crippen MR) is 138 cm³/mol. The van der Waals surface area contributed by atoms with E-state index in [2.05, 4.69) is 16.3 Å². The maximum atomic E-state index is 13.6. The molecule has 3 aromatic rings. The molecule has 2 heterocycles. The maximum Gasteiger partial charge on any atom is 0.282 e. The number of aryl methyl sites for hydroxylation is 2. The van der Waals surface area contributed by atoms with Gasteiger partial charge in [-0.05, 0) is 74.6 Å². The summed E-state index contributed by atoms with van der Waals surface area (Å²) in [5.41, 5.74) is 6.12. The number of benzene rings is 3. The standard InChI is InChI=1S/C29H29N3O2/c1-20-11-16-25(21(2)19-20)30-27-26(22-9-5-3-6-10-22)28(33)32(29(27)34)24-14-12-23(13-15-24)31-17-7-4-8-18-31/h3,5-6,9-16,19,30H,4,7-8,17-18H2,1-2H3. The molecule has 0 aromatic heterocycles. The first-order valence-corrected chi connectivity index (χ1v) is 11.9. The van der Waals surface area contributed by atoms with Crippen LogP contribution in [0.15, 0.2) is 78.5 Å². The molecule has 0 bridgehead atoms. The van der Waals surface area contributed by atoms with Gasteiger partial charge >= 0.3 is 0 Å². The number of hydrogen-bond donors (Lipinski definition) is 1. The van der Waals surface area contributed by atoms with Crippen molar-refractivity contribution >= 4 is 34.4 Å². The SMILES string of the molecule is Cc1ccc(NC2=C(c3ccccc3)C(=O)N(c3ccc(N4CCCCC4)cc3)C2=O)c(C)c1. The smallest absolute Gasteiger partial charge is 0.282 e. The van der Waals surface area contributed by atoms with Crippen LogP contribution in [-0.4, -0.2) is 24.9 Å². The Morgan fingerprint density at radius 2 is 1.41 bits per heavy atom. The van der Waals surface area contributed by atoms with Crippen LogP contribution < -0.4 is 15.1 Å². The summed E-state index contributed by atoms with van der Waals surface area (Å²) in [5, 5.41) is 3.29. The number of imide groups is 1. The lowest BCUT2D eigenvalue weighted by atomic mass is 10.0. The summed E-state index contributed by atoms with van der Waals surface area (Å²) in [4.78, 5) is 30.9. The number of piperidine rings is 1. The van der Waals surface area contributed by atoms with Crippen molar-refractivity contribution in [2.24, 2.45) is 0 Å². The first-order chi connectivity index (χ1) is 16.5. The fraction of sp³-hybridized carbons (Fsp3) is 0.241. The topological polar surface area (TPSA) is 52.7 Å². The highest BCUT2D eigenvalue weighted by atomic mass is 16.2. The fourth-order valence-electron chi connectivity index (χ4n) is 4.81. The first-order valence-electron chi connectivity index (χ1n) is 11.9. The van der Waals surface area contributed by atoms with E-state index < -0.39 is 0 Å². The predicted octanol–water partition coefficient (Wildman–Crippen LogP) is 5.69. The van der Waals surface area contributed by atoms with E-state index in [1.165, 1.54) is 24.2 Å². The normalized spacial score (nSPS) is 16.4. The third-order valence-corrected chi connectivity index (χ3v) is 6.62. The summed E-state index contributed by atoms with van der Waals surface area (Å²) in [5.74, 6) is -0.649. The van der Waals surface area contributed by atoms with Gasteiger partial charge in [0.1, 0.15) is 5.70 Å². The Morgan fingerprint density at radius 1 is 0.735 bits per heavy atom. The molecule has 5 nitrogen and oxygen atoms in total. The zero-order valence-corrected chi connectivity index (χ0v) is 19.7. The molecular weight excluding hydrogens is 422 g/mol. The molecule has 3 aromatic carbocycles. The molecule has 34 heavy (non-hydrogen) atoms. The molecule has 1 N–H and O–H groups in total. The summed E-state index contributed by atoms with van der Waals surface area (Å²) < 4.78 is 0. The molecule has 172 valence electrons. The van der Waals surface area contributed by atoms with Crippen LogP contribution in [-0.2, 0) is 9.59 Å². The highest BCUT2D eigenvalue weighted by Crippen LogP contribution is 2.35. The minimum Gasteiger partial charge on any atom is -0.372 e. The fourth-order valence-corrected chi connectivity index (χ4v) is 4.81. The van der Waals surface area contributed by atoms with Gasteiger partial charge in [0, 0.05) is 24.5 Å². The Hall–Kier alpha value is -3.86. The zero-order valence-electron chi connectivity index (χ0n) is 19.7. The molecule has 0 radical (unpaired) electrons. The number of amides is 2. The van der Waals surface area contributed by atoms with Gasteiger partial charge in [0.15, 0.2) is 0 Å². The summed E-state index contributed by atoms with van der Waals surface area (Å²) >= 11 is 0. The van der Waals surface area contributed by atoms with E-state index in [9.17, 15) is 9.59 Å². The maximum absolute atomic E-state index is 13.6. The van der Waals surface area contributed by atoms with Crippen LogP contribution in [0.25, 0.3) is 5.57 Å². The summed E-state index contributed by atoms with van der Waals surface area (Å²) in [6, 6.07) is 23.2. The Labute approximate surface area is 200 Å². The monoisotopic (exact) mass is 451 g/mol. The van der Waals surface area contributed by atoms with Crippen LogP contribution >= 0.6 is 0 Å². The molecule has 2 amide bonds. The Kier molecular flexibility index (Phi) is 5.93. The molecule has 0 aliphatic carbocycles. The van der Waals surface area contributed by atoms with Gasteiger partial charge in [0.2, 0.25) is 0 Å². The van der Waals surface area contributed by atoms with Crippen LogP contribution in [0, 0.1) is 13.8 Å². The highest BCUT2D eigenvalue weighted by Gasteiger charge is 2.40. The summed E-state index contributed by atoms with van der Waals surface area (Å²) in [7, 11) is 0. The number of hydrogen-bond acceptors (Lipinski definition) is 4. The van der Waals surface area contributed by atoms with Crippen LogP contribution in [0.2, 0.25) is 0 Å². The number of nitrogens with zero attached hydrogens (tertiary/aromatic N) is 2. The van der Waals surface area contributed by atoms with Gasteiger partial charge in [-0.3, -0.25) is 9.59 Å². The number of carbonyl (C=O) groups excluding carboxylic acids is 2. The minimum absolute atomic E-state index is 0.309. The molecule has 1 saturated heterocycles. The van der Waals surface area contributed by atoms with Crippen LogP contribution in [0.1, 0.15) is 36.0 Å². The third-order valence-electron chi connectivity index (χ3n) is 6.62. The van der Waals surface area contributed by atoms with Gasteiger partial charge < -0.3 is 10.2 Å². The molecule has 0 atom stereocenters. The van der Waals surface area contributed by atoms with Gasteiger partial charge in [-0.2, -0.15) is 0 Å². The molecular formula is C29H29N3O2. The van der Waals surface area contributed by atoms with Crippen molar-refractivity contribution in [1.82, 2.24) is 0 Å². The lowest BCUT2D eigenvalue weighted by molar-refractivity contribution is -0.120. The molecule has 2 aliphatic rings. The molecule has 1 fully saturated rings. The van der Waals surface area contributed by atoms with Crippen molar-refractivity contribution in [3.05, 3.63) is 95.2 Å². The van der Waals surface area contributed by atoms with Crippen LogP contribution in [0.3, 0.4) is 0 Å². The Balaban J connectivity index is 1.50. The van der Waals surface area contributed by atoms with Crippen molar-refractivity contribution in [1.29, 1.82) is 0 Å². The van der Waals surface area contributed by atoms with Crippen molar-refractivity contribution in [2.75, 3.05) is 28.2 Å². The molecule has 5 rings (SSSR count). The summed E-state index contributed by atoms with van der Waals surface area (Å²) in [6.07, 6.45) is 3.67. The third kappa shape index (κ3) is 4.10. The lowest BCUT2D eigenvalue weighted by Crippen LogP contribution is -2.32. The van der Waals surface area contributed by atoms with Crippen molar-refractivity contribution in [3.8, 4) is 0 Å². The average Bonchev–Trinajstić information content (AvgIpc) is 3.11. The van der Waals surface area contributed by atoms with E-state index in [0.29, 0.717) is 17.0 Å². The van der Waals surface area contributed by atoms with Gasteiger partial charge in [0.05, 0.1) is 11.3 Å². The second-order valence-electron chi connectivity index (χ2n) is 9.07. The zero-order chi connectivity index (χ0) is 23.7. The van der Waals surface area contributed by atoms with Crippen LogP contribution in [0.5, 0.6) is 0 Å². The molecule has 0 spiro atoms. The number of anilines is 3. The van der Waals surface area contributed by atoms with E-state index in [1.807, 2.05) is 80.6 Å². The van der Waals surface area contributed by atoms with E-state index in [4.69, 9.17) is 0 Å². The Bertz CT molecular complexity index is 1260. The molecule has 0 unspecified atom stereocenters. The lowest BCUT2D eigenvalue weighted by Gasteiger charge is -2.29. The quantitative estimate of drug-likeness (QED) is 0.506. The van der Waals surface area contributed by atoms with E-state index >= 15 is 0 Å². The second kappa shape index (κ2) is 9.18. The number of nitrogens with one attached hydrogen (secondary N) is 1. The van der Waals surface area contributed by atoms with Gasteiger partial charge in [-0.25, -0.2) is 4.90 Å². The minimum atomic E-state index is -0.338. The van der Waals surface area contributed by atoms with E-state index in [-0.39, 0.29) is 11.8 Å². The van der Waals surface area contributed by atoms with Crippen LogP contribution in [0.4, 0.5) is 17.1 Å².